The van der Waals surface area contributed by atoms with E-state index in [9.17, 15) is 19.5 Å². The van der Waals surface area contributed by atoms with E-state index in [0.717, 1.165) is 11.1 Å². The molecule has 4 bridgehead atoms. The van der Waals surface area contributed by atoms with Crippen LogP contribution in [0.5, 0.6) is 0 Å². The van der Waals surface area contributed by atoms with Gasteiger partial charge in [0.2, 0.25) is 0 Å². The Morgan fingerprint density at radius 2 is 1.92 bits per heavy atom. The number of methoxy groups -OCH3 is 1. The number of alkyl carbamates (subject to hydrolysis) is 1. The Morgan fingerprint density at radius 1 is 1.15 bits per heavy atom. The molecule has 3 heterocycles. The fraction of sp³-hybridized carbons (Fsp3) is 0.541. The first-order chi connectivity index (χ1) is 23.0. The average molecular weight is 663 g/mol. The maximum Gasteiger partial charge on any atom is 0.407 e. The number of rotatable bonds is 8. The fourth-order valence-electron chi connectivity index (χ4n) is 8.36. The number of esters is 2. The number of H-pyrrole nitrogens is 1. The zero-order valence-electron chi connectivity index (χ0n) is 28.0. The van der Waals surface area contributed by atoms with Crippen molar-refractivity contribution in [1.82, 2.24) is 10.3 Å². The van der Waals surface area contributed by atoms with E-state index in [2.05, 4.69) is 10.3 Å². The van der Waals surface area contributed by atoms with Gasteiger partial charge in [0.1, 0.15) is 35.7 Å². The van der Waals surface area contributed by atoms with Gasteiger partial charge in [-0.25, -0.2) is 14.4 Å². The van der Waals surface area contributed by atoms with Crippen molar-refractivity contribution >= 4 is 18.0 Å². The number of aliphatic hydroxyl groups is 1. The summed E-state index contributed by atoms with van der Waals surface area (Å²) < 4.78 is 30.5. The molecule has 11 heteroatoms. The molecule has 48 heavy (non-hydrogen) atoms. The van der Waals surface area contributed by atoms with Crippen LogP contribution < -0.4 is 5.32 Å². The van der Waals surface area contributed by atoms with Gasteiger partial charge in [0.25, 0.3) is 0 Å². The highest BCUT2D eigenvalue weighted by Crippen LogP contribution is 2.61. The van der Waals surface area contributed by atoms with Crippen LogP contribution in [0.25, 0.3) is 0 Å². The molecule has 12 atom stereocenters. The summed E-state index contributed by atoms with van der Waals surface area (Å²) in [7, 11) is 1.46. The third-order valence-corrected chi connectivity index (χ3v) is 10.7. The lowest BCUT2D eigenvalue weighted by atomic mass is 9.57. The molecule has 2 aliphatic carbocycles. The van der Waals surface area contributed by atoms with Gasteiger partial charge in [-0.15, -0.1) is 0 Å². The second kappa shape index (κ2) is 13.9. The van der Waals surface area contributed by atoms with Crippen LogP contribution in [0.1, 0.15) is 50.2 Å². The molecular weight excluding hydrogens is 616 g/mol. The molecule has 3 N–H and O–H groups in total. The van der Waals surface area contributed by atoms with E-state index in [-0.39, 0.29) is 24.2 Å². The summed E-state index contributed by atoms with van der Waals surface area (Å²) >= 11 is 0. The third-order valence-electron chi connectivity index (χ3n) is 10.7. The number of cyclic esters (lactones) is 1. The van der Waals surface area contributed by atoms with Crippen molar-refractivity contribution in [3.8, 4) is 0 Å². The summed E-state index contributed by atoms with van der Waals surface area (Å²) in [6.07, 6.45) is 3.36. The second-order valence-corrected chi connectivity index (χ2v) is 13.6. The lowest BCUT2D eigenvalue weighted by molar-refractivity contribution is -0.172. The number of amides is 1. The van der Waals surface area contributed by atoms with E-state index >= 15 is 0 Å². The van der Waals surface area contributed by atoms with Crippen molar-refractivity contribution in [3.63, 3.8) is 0 Å². The first-order valence-electron chi connectivity index (χ1n) is 16.8. The second-order valence-electron chi connectivity index (χ2n) is 13.6. The van der Waals surface area contributed by atoms with Gasteiger partial charge < -0.3 is 39.1 Å². The fourth-order valence-corrected chi connectivity index (χ4v) is 8.36. The Balaban J connectivity index is 1.26. The highest BCUT2D eigenvalue weighted by molar-refractivity contribution is 5.87. The summed E-state index contributed by atoms with van der Waals surface area (Å²) in [5, 5.41) is 14.7. The molecule has 2 aliphatic heterocycles. The number of carbonyl (C=O) groups excluding carboxylic acids is 3. The summed E-state index contributed by atoms with van der Waals surface area (Å²) in [4.78, 5) is 42.4. The molecule has 1 saturated heterocycles. The van der Waals surface area contributed by atoms with Crippen molar-refractivity contribution in [3.05, 3.63) is 83.7 Å². The van der Waals surface area contributed by atoms with Crippen LogP contribution in [-0.2, 0) is 34.9 Å². The smallest absolute Gasteiger partial charge is 0.407 e. The maximum absolute atomic E-state index is 13.6. The van der Waals surface area contributed by atoms with E-state index in [1.165, 1.54) is 7.11 Å². The standard InChI is InChI=1S/C37H46N2O9/c1-20-18-21(2)37-25(13-14-26-29(37)30(40)22(3)32(33(26)48-37)47-34(41)27-12-9-16-38-27)19-28(44-5)35(42)46-31(20)23(4)45-36(43)39-17-15-24-10-7-6-8-11-24/h6-14,16,18,20,22-23,25-26,28-33,38,40H,15,17,19H2,1-5H3,(H,39,43)/b21-18+/t20-,22-,23-,25-,26-,28+,29+,30-,31+,32-,33-,37+/m1/s1. The number of carbonyl (C=O) groups is 3. The predicted octanol–water partition coefficient (Wildman–Crippen LogP) is 4.38. The molecule has 1 spiro atoms. The largest absolute Gasteiger partial charge is 0.456 e. The van der Waals surface area contributed by atoms with Crippen molar-refractivity contribution in [2.24, 2.45) is 29.6 Å². The SMILES string of the molecule is CO[C@H]1C[C@H]2C=C[C@H]3[C@H]4O[C@]2(/C(C)=C/[C@@H](C)[C@@H]([C@@H](C)OC(=O)NCCc2ccccc2)OC1=O)[C@@H]3[C@H](O)[C@@H](C)[C@H]4OC(=O)c1ccc[nH]1. The van der Waals surface area contributed by atoms with Gasteiger partial charge in [-0.1, -0.05) is 62.4 Å². The molecule has 4 aliphatic rings. The van der Waals surface area contributed by atoms with Crippen LogP contribution in [0.3, 0.4) is 0 Å². The molecule has 1 aromatic carbocycles. The molecular formula is C37H46N2O9. The van der Waals surface area contributed by atoms with Crippen molar-refractivity contribution in [2.45, 2.75) is 82.8 Å². The number of aromatic nitrogens is 1. The van der Waals surface area contributed by atoms with Crippen LogP contribution in [-0.4, -0.2) is 84.0 Å². The van der Waals surface area contributed by atoms with E-state index in [4.69, 9.17) is 23.7 Å². The molecule has 6 rings (SSSR count). The van der Waals surface area contributed by atoms with Crippen molar-refractivity contribution < 1.29 is 43.2 Å². The normalized spacial score (nSPS) is 37.3. The molecule has 0 radical (unpaired) electrons. The minimum Gasteiger partial charge on any atom is -0.456 e. The topological polar surface area (TPSA) is 145 Å². The maximum atomic E-state index is 13.6. The van der Waals surface area contributed by atoms with Gasteiger partial charge in [0.05, 0.1) is 6.10 Å². The molecule has 258 valence electrons. The zero-order chi connectivity index (χ0) is 34.2. The van der Waals surface area contributed by atoms with E-state index < -0.39 is 72.1 Å². The highest BCUT2D eigenvalue weighted by atomic mass is 16.6. The number of aliphatic hydroxyl groups excluding tert-OH is 1. The van der Waals surface area contributed by atoms with Gasteiger partial charge in [-0.2, -0.15) is 0 Å². The molecule has 2 aromatic rings. The Morgan fingerprint density at radius 3 is 2.62 bits per heavy atom. The van der Waals surface area contributed by atoms with E-state index in [1.807, 2.05) is 69.3 Å². The molecule has 1 saturated carbocycles. The lowest BCUT2D eigenvalue weighted by Gasteiger charge is -2.48. The summed E-state index contributed by atoms with van der Waals surface area (Å²) in [6, 6.07) is 13.2. The Hall–Kier alpha value is -3.93. The van der Waals surface area contributed by atoms with Gasteiger partial charge in [0, 0.05) is 49.4 Å². The Kier molecular flexibility index (Phi) is 9.83. The Bertz CT molecular complexity index is 1520. The number of hydrogen-bond donors (Lipinski definition) is 3. The van der Waals surface area contributed by atoms with Gasteiger partial charge in [-0.3, -0.25) is 0 Å². The summed E-state index contributed by atoms with van der Waals surface area (Å²) in [5.41, 5.74) is 1.27. The molecule has 11 nitrogen and oxygen atoms in total. The summed E-state index contributed by atoms with van der Waals surface area (Å²) in [6.45, 7) is 7.85. The van der Waals surface area contributed by atoms with E-state index in [1.54, 1.807) is 25.3 Å². The van der Waals surface area contributed by atoms with Gasteiger partial charge in [-0.05, 0) is 50.0 Å². The first kappa shape index (κ1) is 34.0. The minimum atomic E-state index is -1.00. The highest BCUT2D eigenvalue weighted by Gasteiger charge is 2.69. The Labute approximate surface area is 281 Å². The van der Waals surface area contributed by atoms with Crippen molar-refractivity contribution in [1.29, 1.82) is 0 Å². The molecule has 0 unspecified atom stereocenters. The first-order valence-corrected chi connectivity index (χ1v) is 16.8. The van der Waals surface area contributed by atoms with Gasteiger partial charge in [0.15, 0.2) is 6.10 Å². The molecule has 1 aromatic heterocycles. The van der Waals surface area contributed by atoms with Crippen molar-refractivity contribution in [2.75, 3.05) is 13.7 Å². The quantitative estimate of drug-likeness (QED) is 0.213. The predicted molar refractivity (Wildman–Crippen MR) is 175 cm³/mol. The summed E-state index contributed by atoms with van der Waals surface area (Å²) in [5.74, 6) is -2.82. The minimum absolute atomic E-state index is 0.221. The monoisotopic (exact) mass is 662 g/mol. The number of ether oxygens (including phenoxy) is 5. The van der Waals surface area contributed by atoms with Crippen LogP contribution in [0.4, 0.5) is 4.79 Å². The number of nitrogens with one attached hydrogen (secondary N) is 2. The van der Waals surface area contributed by atoms with Crippen LogP contribution in [0, 0.1) is 29.6 Å². The zero-order valence-corrected chi connectivity index (χ0v) is 28.0. The number of benzene rings is 1. The van der Waals surface area contributed by atoms with Crippen LogP contribution >= 0.6 is 0 Å². The van der Waals surface area contributed by atoms with Crippen LogP contribution in [0.15, 0.2) is 72.5 Å². The lowest BCUT2D eigenvalue weighted by Crippen LogP contribution is -2.57. The number of hydrogen-bond acceptors (Lipinski definition) is 9. The third kappa shape index (κ3) is 6.19. The van der Waals surface area contributed by atoms with Crippen LogP contribution in [0.2, 0.25) is 0 Å². The molecule has 2 fully saturated rings. The van der Waals surface area contributed by atoms with E-state index in [0.29, 0.717) is 18.7 Å². The molecule has 1 amide bonds. The average Bonchev–Trinajstić information content (AvgIpc) is 3.67. The number of aromatic amines is 1. The van der Waals surface area contributed by atoms with Gasteiger partial charge >= 0.3 is 18.0 Å².